The van der Waals surface area contributed by atoms with Crippen LogP contribution in [0.25, 0.3) is 33.4 Å². The monoisotopic (exact) mass is 1010 g/mol. The van der Waals surface area contributed by atoms with Crippen molar-refractivity contribution in [3.63, 3.8) is 0 Å². The van der Waals surface area contributed by atoms with Crippen molar-refractivity contribution in [3.8, 4) is 33.4 Å². The Labute approximate surface area is 464 Å². The molecule has 4 heteroatoms. The molecule has 0 aromatic heterocycles. The highest BCUT2D eigenvalue weighted by atomic mass is 15.2. The van der Waals surface area contributed by atoms with Crippen LogP contribution < -0.4 is 19.6 Å². The zero-order valence-corrected chi connectivity index (χ0v) is 44.3. The van der Waals surface area contributed by atoms with Crippen LogP contribution in [0.1, 0.15) is 25.0 Å². The molecule has 1 aliphatic carbocycles. The molecule has 4 nitrogen and oxygen atoms in total. The fourth-order valence-corrected chi connectivity index (χ4v) is 11.5. The van der Waals surface area contributed by atoms with Gasteiger partial charge in [0, 0.05) is 73.7 Å². The molecule has 0 bridgehead atoms. The van der Waals surface area contributed by atoms with Gasteiger partial charge in [0.2, 0.25) is 0 Å². The minimum atomic E-state index is -0.103. The van der Waals surface area contributed by atoms with E-state index in [0.29, 0.717) is 0 Å². The number of benzene rings is 12. The Morgan fingerprint density at radius 1 is 0.190 bits per heavy atom. The lowest BCUT2D eigenvalue weighted by Crippen LogP contribution is -2.16. The van der Waals surface area contributed by atoms with Gasteiger partial charge in [0.05, 0.1) is 0 Å². The van der Waals surface area contributed by atoms with Crippen LogP contribution in [0.2, 0.25) is 0 Å². The number of anilines is 12. The Hall–Kier alpha value is -10.2. The van der Waals surface area contributed by atoms with Crippen molar-refractivity contribution in [2.75, 3.05) is 19.6 Å². The lowest BCUT2D eigenvalue weighted by Gasteiger charge is -2.29. The van der Waals surface area contributed by atoms with Gasteiger partial charge in [-0.15, -0.1) is 0 Å². The molecule has 0 aliphatic heterocycles. The molecule has 13 rings (SSSR count). The maximum Gasteiger partial charge on any atom is 0.0465 e. The zero-order chi connectivity index (χ0) is 53.1. The van der Waals surface area contributed by atoms with Crippen molar-refractivity contribution in [1.29, 1.82) is 0 Å². The van der Waals surface area contributed by atoms with E-state index < -0.39 is 0 Å². The van der Waals surface area contributed by atoms with E-state index in [0.717, 1.165) is 90.5 Å². The van der Waals surface area contributed by atoms with Crippen molar-refractivity contribution in [1.82, 2.24) is 0 Å². The summed E-state index contributed by atoms with van der Waals surface area (Å²) in [4.78, 5) is 9.33. The van der Waals surface area contributed by atoms with Gasteiger partial charge in [-0.2, -0.15) is 0 Å². The van der Waals surface area contributed by atoms with Gasteiger partial charge in [0.1, 0.15) is 0 Å². The second-order valence-corrected chi connectivity index (χ2v) is 20.6. The number of hydrogen-bond donors (Lipinski definition) is 0. The van der Waals surface area contributed by atoms with Gasteiger partial charge < -0.3 is 19.6 Å². The maximum absolute atomic E-state index is 2.40. The molecule has 0 saturated heterocycles. The standard InChI is InChI=1S/C75H58N4/c1-75(2)73-31-19-18-30-71(73)72-53-52-70(54-74(72)75)79(63-28-16-7-17-29-63)69-50-48-68(49-51-69)78(62-26-14-6-15-27-62)67-46-38-58(39-47-67)57-36-44-66(45-37-57)77(61-24-12-5-13-25-61)65-42-34-56(35-43-65)55-32-40-64(41-33-55)76(59-20-8-3-9-21-59)60-22-10-4-11-23-60/h3-54H,1-2H3. The second-order valence-electron chi connectivity index (χ2n) is 20.6. The van der Waals surface area contributed by atoms with Crippen molar-refractivity contribution < 1.29 is 0 Å². The summed E-state index contributed by atoms with van der Waals surface area (Å²) in [7, 11) is 0. The lowest BCUT2D eigenvalue weighted by molar-refractivity contribution is 0.660. The van der Waals surface area contributed by atoms with E-state index in [9.17, 15) is 0 Å². The number of fused-ring (bicyclic) bond motifs is 3. The van der Waals surface area contributed by atoms with Crippen LogP contribution in [-0.4, -0.2) is 0 Å². The maximum atomic E-state index is 2.40. The Morgan fingerprint density at radius 2 is 0.405 bits per heavy atom. The minimum Gasteiger partial charge on any atom is -0.311 e. The van der Waals surface area contributed by atoms with E-state index in [2.05, 4.69) is 349 Å². The summed E-state index contributed by atoms with van der Waals surface area (Å²) in [6.45, 7) is 4.69. The highest BCUT2D eigenvalue weighted by Crippen LogP contribution is 2.51. The first-order chi connectivity index (χ1) is 38.9. The van der Waals surface area contributed by atoms with Gasteiger partial charge in [-0.25, -0.2) is 0 Å². The first-order valence-corrected chi connectivity index (χ1v) is 27.2. The van der Waals surface area contributed by atoms with E-state index in [1.165, 1.54) is 22.3 Å². The molecule has 12 aromatic rings. The molecule has 79 heavy (non-hydrogen) atoms. The first kappa shape index (κ1) is 48.5. The van der Waals surface area contributed by atoms with E-state index in [1.54, 1.807) is 0 Å². The summed E-state index contributed by atoms with van der Waals surface area (Å²) in [5, 5.41) is 0. The summed E-state index contributed by atoms with van der Waals surface area (Å²) < 4.78 is 0. The summed E-state index contributed by atoms with van der Waals surface area (Å²) >= 11 is 0. The average Bonchev–Trinajstić information content (AvgIpc) is 4.02. The van der Waals surface area contributed by atoms with Crippen molar-refractivity contribution in [2.24, 2.45) is 0 Å². The molecular formula is C75H58N4. The number of rotatable bonds is 14. The lowest BCUT2D eigenvalue weighted by atomic mass is 9.82. The van der Waals surface area contributed by atoms with Crippen LogP contribution in [-0.2, 0) is 5.41 Å². The largest absolute Gasteiger partial charge is 0.311 e. The third kappa shape index (κ3) is 9.51. The number of para-hydroxylation sites is 5. The molecule has 12 aromatic carbocycles. The SMILES string of the molecule is CC1(C)c2ccccc2-c2ccc(N(c3ccccc3)c3ccc(N(c4ccccc4)c4ccc(-c5ccc(N(c6ccccc6)c6ccc(-c7ccc(N(c8ccccc8)c8ccccc8)cc7)cc6)cc5)cc4)cc3)cc21. The fourth-order valence-electron chi connectivity index (χ4n) is 11.5. The number of nitrogens with zero attached hydrogens (tertiary/aromatic N) is 4. The first-order valence-electron chi connectivity index (χ1n) is 27.2. The summed E-state index contributed by atoms with van der Waals surface area (Å²) in [6.07, 6.45) is 0. The van der Waals surface area contributed by atoms with Crippen molar-refractivity contribution >= 4 is 68.2 Å². The fraction of sp³-hybridized carbons (Fsp3) is 0.0400. The van der Waals surface area contributed by atoms with Crippen LogP contribution in [0.3, 0.4) is 0 Å². The van der Waals surface area contributed by atoms with Gasteiger partial charge in [-0.3, -0.25) is 0 Å². The van der Waals surface area contributed by atoms with Crippen LogP contribution >= 0.6 is 0 Å². The number of hydrogen-bond acceptors (Lipinski definition) is 4. The van der Waals surface area contributed by atoms with Crippen LogP contribution in [0, 0.1) is 0 Å². The molecule has 0 heterocycles. The van der Waals surface area contributed by atoms with Gasteiger partial charge in [-0.1, -0.05) is 184 Å². The van der Waals surface area contributed by atoms with Crippen molar-refractivity contribution in [3.05, 3.63) is 327 Å². The smallest absolute Gasteiger partial charge is 0.0465 e. The molecule has 0 N–H and O–H groups in total. The van der Waals surface area contributed by atoms with Crippen LogP contribution in [0.4, 0.5) is 68.2 Å². The molecule has 0 fully saturated rings. The van der Waals surface area contributed by atoms with Crippen LogP contribution in [0.15, 0.2) is 315 Å². The molecular weight excluding hydrogens is 957 g/mol. The topological polar surface area (TPSA) is 13.0 Å². The normalized spacial score (nSPS) is 12.0. The third-order valence-electron chi connectivity index (χ3n) is 15.4. The minimum absolute atomic E-state index is 0.103. The Bertz CT molecular complexity index is 3940. The molecule has 1 aliphatic rings. The second kappa shape index (κ2) is 21.1. The van der Waals surface area contributed by atoms with E-state index in [1.807, 2.05) is 0 Å². The van der Waals surface area contributed by atoms with Gasteiger partial charge >= 0.3 is 0 Å². The Kier molecular flexibility index (Phi) is 13.0. The van der Waals surface area contributed by atoms with E-state index in [4.69, 9.17) is 0 Å². The molecule has 0 spiro atoms. The molecule has 0 amide bonds. The summed E-state index contributed by atoms with van der Waals surface area (Å²) in [5.41, 5.74) is 23.1. The molecule has 378 valence electrons. The Morgan fingerprint density at radius 3 is 0.709 bits per heavy atom. The molecule has 0 saturated carbocycles. The van der Waals surface area contributed by atoms with Gasteiger partial charge in [0.15, 0.2) is 0 Å². The summed E-state index contributed by atoms with van der Waals surface area (Å²) in [5.74, 6) is 0. The van der Waals surface area contributed by atoms with E-state index in [-0.39, 0.29) is 5.41 Å². The van der Waals surface area contributed by atoms with Crippen LogP contribution in [0.5, 0.6) is 0 Å². The van der Waals surface area contributed by atoms with E-state index >= 15 is 0 Å². The summed E-state index contributed by atoms with van der Waals surface area (Å²) in [6, 6.07) is 113. The zero-order valence-electron chi connectivity index (χ0n) is 44.3. The van der Waals surface area contributed by atoms with Gasteiger partial charge in [-0.05, 0) is 190 Å². The molecule has 0 atom stereocenters. The predicted octanol–water partition coefficient (Wildman–Crippen LogP) is 21.2. The molecule has 0 radical (unpaired) electrons. The van der Waals surface area contributed by atoms with Gasteiger partial charge in [0.25, 0.3) is 0 Å². The highest BCUT2D eigenvalue weighted by molar-refractivity contribution is 5.88. The highest BCUT2D eigenvalue weighted by Gasteiger charge is 2.36. The predicted molar refractivity (Wildman–Crippen MR) is 334 cm³/mol. The average molecular weight is 1020 g/mol. The molecule has 0 unspecified atom stereocenters. The third-order valence-corrected chi connectivity index (χ3v) is 15.4. The Balaban J connectivity index is 0.761. The van der Waals surface area contributed by atoms with Crippen molar-refractivity contribution in [2.45, 2.75) is 19.3 Å². The quantitative estimate of drug-likeness (QED) is 0.108.